The van der Waals surface area contributed by atoms with E-state index in [0.717, 1.165) is 32.6 Å². The van der Waals surface area contributed by atoms with E-state index in [1.54, 1.807) is 5.01 Å². The molecule has 1 aliphatic heterocycles. The minimum atomic E-state index is -0.574. The molecule has 1 heterocycles. The van der Waals surface area contributed by atoms with Crippen molar-refractivity contribution >= 4 is 11.8 Å². The Kier molecular flexibility index (Phi) is 5.37. The summed E-state index contributed by atoms with van der Waals surface area (Å²) in [5.74, 6) is -1.13. The molecule has 0 spiro atoms. The number of hydrogen-bond donors (Lipinski definition) is 2. The molecule has 17 heavy (non-hydrogen) atoms. The second-order valence-corrected chi connectivity index (χ2v) is 4.51. The van der Waals surface area contributed by atoms with Crippen molar-refractivity contribution < 1.29 is 9.59 Å². The summed E-state index contributed by atoms with van der Waals surface area (Å²) in [5, 5.41) is 4.43. The van der Waals surface area contributed by atoms with Crippen LogP contribution in [0.2, 0.25) is 0 Å². The summed E-state index contributed by atoms with van der Waals surface area (Å²) in [7, 11) is 2.04. The molecule has 1 fully saturated rings. The van der Waals surface area contributed by atoms with Gasteiger partial charge in [-0.05, 0) is 20.4 Å². The van der Waals surface area contributed by atoms with E-state index in [9.17, 15) is 9.59 Å². The third-order valence-electron chi connectivity index (χ3n) is 2.96. The van der Waals surface area contributed by atoms with Gasteiger partial charge in [-0.2, -0.15) is 0 Å². The van der Waals surface area contributed by atoms with Crippen LogP contribution in [-0.4, -0.2) is 61.0 Å². The Hall–Kier alpha value is -1.14. The Morgan fingerprint density at radius 2 is 1.76 bits per heavy atom. The van der Waals surface area contributed by atoms with Crippen molar-refractivity contribution in [3.05, 3.63) is 0 Å². The molecule has 6 nitrogen and oxygen atoms in total. The van der Waals surface area contributed by atoms with Crippen LogP contribution < -0.4 is 10.7 Å². The van der Waals surface area contributed by atoms with Crippen LogP contribution in [0.4, 0.5) is 0 Å². The molecular formula is C11H22N4O2. The normalized spacial score (nSPS) is 19.7. The monoisotopic (exact) mass is 242 g/mol. The van der Waals surface area contributed by atoms with Gasteiger partial charge in [0, 0.05) is 32.2 Å². The maximum absolute atomic E-state index is 11.6. The second-order valence-electron chi connectivity index (χ2n) is 4.51. The van der Waals surface area contributed by atoms with Gasteiger partial charge in [-0.3, -0.25) is 15.0 Å². The van der Waals surface area contributed by atoms with Crippen molar-refractivity contribution in [3.8, 4) is 0 Å². The number of hydrazine groups is 1. The third kappa shape index (κ3) is 4.70. The minimum absolute atomic E-state index is 0.0285. The summed E-state index contributed by atoms with van der Waals surface area (Å²) in [6, 6.07) is 0.0285. The first-order valence-electron chi connectivity index (χ1n) is 6.08. The molecule has 1 rings (SSSR count). The minimum Gasteiger partial charge on any atom is -0.345 e. The van der Waals surface area contributed by atoms with Crippen molar-refractivity contribution in [2.75, 3.05) is 33.2 Å². The molecule has 0 aliphatic carbocycles. The maximum Gasteiger partial charge on any atom is 0.323 e. The lowest BCUT2D eigenvalue weighted by Crippen LogP contribution is -2.55. The van der Waals surface area contributed by atoms with E-state index >= 15 is 0 Å². The predicted molar refractivity (Wildman–Crippen MR) is 65.1 cm³/mol. The van der Waals surface area contributed by atoms with E-state index in [1.165, 1.54) is 0 Å². The zero-order valence-electron chi connectivity index (χ0n) is 10.8. The summed E-state index contributed by atoms with van der Waals surface area (Å²) in [6.45, 7) is 7.13. The fraction of sp³-hybridized carbons (Fsp3) is 0.818. The summed E-state index contributed by atoms with van der Waals surface area (Å²) in [6.07, 6.45) is 0.813. The first kappa shape index (κ1) is 13.9. The Balaban J connectivity index is 2.31. The van der Waals surface area contributed by atoms with Gasteiger partial charge < -0.3 is 10.2 Å². The number of likely N-dealkylation sites (N-methyl/N-ethyl adjacent to an activating group) is 1. The van der Waals surface area contributed by atoms with E-state index in [2.05, 4.69) is 15.6 Å². The number of carbonyl (C=O) groups is 2. The highest BCUT2D eigenvalue weighted by Gasteiger charge is 2.20. The number of carbonyl (C=O) groups excluding carboxylic acids is 2. The molecular weight excluding hydrogens is 220 g/mol. The number of nitrogens with zero attached hydrogens (tertiary/aromatic N) is 2. The predicted octanol–water partition coefficient (Wildman–Crippen LogP) is -0.820. The first-order valence-corrected chi connectivity index (χ1v) is 6.08. The van der Waals surface area contributed by atoms with Gasteiger partial charge in [0.15, 0.2) is 0 Å². The number of piperazine rings is 1. The lowest BCUT2D eigenvalue weighted by Gasteiger charge is -2.32. The molecule has 0 bridgehead atoms. The average Bonchev–Trinajstić information content (AvgIpc) is 2.31. The van der Waals surface area contributed by atoms with Gasteiger partial charge in [0.1, 0.15) is 0 Å². The molecule has 2 N–H and O–H groups in total. The molecule has 1 aliphatic rings. The fourth-order valence-corrected chi connectivity index (χ4v) is 1.50. The van der Waals surface area contributed by atoms with Gasteiger partial charge in [-0.15, -0.1) is 0 Å². The van der Waals surface area contributed by atoms with E-state index in [-0.39, 0.29) is 6.04 Å². The Morgan fingerprint density at radius 1 is 1.18 bits per heavy atom. The molecule has 1 unspecified atom stereocenters. The van der Waals surface area contributed by atoms with Crippen molar-refractivity contribution in [2.45, 2.75) is 26.3 Å². The highest BCUT2D eigenvalue weighted by Crippen LogP contribution is 1.95. The van der Waals surface area contributed by atoms with Crippen LogP contribution >= 0.6 is 0 Å². The van der Waals surface area contributed by atoms with Gasteiger partial charge in [-0.25, -0.2) is 5.01 Å². The summed E-state index contributed by atoms with van der Waals surface area (Å²) < 4.78 is 0. The highest BCUT2D eigenvalue weighted by atomic mass is 16.2. The maximum atomic E-state index is 11.6. The molecule has 0 aromatic carbocycles. The number of amides is 2. The molecule has 0 radical (unpaired) electrons. The van der Waals surface area contributed by atoms with Crippen LogP contribution in [-0.2, 0) is 9.59 Å². The van der Waals surface area contributed by atoms with Crippen molar-refractivity contribution in [3.63, 3.8) is 0 Å². The van der Waals surface area contributed by atoms with Crippen molar-refractivity contribution in [1.29, 1.82) is 0 Å². The van der Waals surface area contributed by atoms with Crippen LogP contribution in [0, 0.1) is 0 Å². The van der Waals surface area contributed by atoms with E-state index in [1.807, 2.05) is 20.9 Å². The molecule has 98 valence electrons. The molecule has 2 amide bonds. The Morgan fingerprint density at radius 3 is 2.29 bits per heavy atom. The molecule has 0 aromatic rings. The average molecular weight is 242 g/mol. The molecule has 0 saturated carbocycles. The second kappa shape index (κ2) is 6.56. The Labute approximate surface area is 102 Å². The van der Waals surface area contributed by atoms with Crippen LogP contribution in [0.3, 0.4) is 0 Å². The lowest BCUT2D eigenvalue weighted by molar-refractivity contribution is -0.143. The first-order chi connectivity index (χ1) is 8.02. The summed E-state index contributed by atoms with van der Waals surface area (Å²) in [5.41, 5.74) is 2.62. The largest absolute Gasteiger partial charge is 0.345 e. The molecule has 0 aromatic heterocycles. The van der Waals surface area contributed by atoms with E-state index in [0.29, 0.717) is 0 Å². The quantitative estimate of drug-likeness (QED) is 0.635. The van der Waals surface area contributed by atoms with Crippen LogP contribution in [0.15, 0.2) is 0 Å². The fourth-order valence-electron chi connectivity index (χ4n) is 1.50. The van der Waals surface area contributed by atoms with Crippen LogP contribution in [0.1, 0.15) is 20.3 Å². The number of nitrogens with one attached hydrogen (secondary N) is 2. The SMILES string of the molecule is CCC(C)NC(=O)C(=O)NN1CCN(C)CC1. The smallest absolute Gasteiger partial charge is 0.323 e. The number of hydrogen-bond acceptors (Lipinski definition) is 4. The van der Waals surface area contributed by atoms with Gasteiger partial charge in [-0.1, -0.05) is 6.92 Å². The Bertz CT molecular complexity index is 275. The van der Waals surface area contributed by atoms with Crippen LogP contribution in [0.5, 0.6) is 0 Å². The van der Waals surface area contributed by atoms with Gasteiger partial charge in [0.05, 0.1) is 0 Å². The van der Waals surface area contributed by atoms with E-state index in [4.69, 9.17) is 0 Å². The van der Waals surface area contributed by atoms with E-state index < -0.39 is 11.8 Å². The molecule has 6 heteroatoms. The van der Waals surface area contributed by atoms with Crippen LogP contribution in [0.25, 0.3) is 0 Å². The van der Waals surface area contributed by atoms with Gasteiger partial charge in [0.2, 0.25) is 0 Å². The van der Waals surface area contributed by atoms with Crippen molar-refractivity contribution in [1.82, 2.24) is 20.7 Å². The van der Waals surface area contributed by atoms with Gasteiger partial charge >= 0.3 is 11.8 Å². The number of rotatable bonds is 3. The summed E-state index contributed by atoms with van der Waals surface area (Å²) in [4.78, 5) is 25.2. The third-order valence-corrected chi connectivity index (χ3v) is 2.96. The zero-order chi connectivity index (χ0) is 12.8. The molecule has 1 saturated heterocycles. The highest BCUT2D eigenvalue weighted by molar-refractivity contribution is 6.35. The summed E-state index contributed by atoms with van der Waals surface area (Å²) >= 11 is 0. The topological polar surface area (TPSA) is 64.7 Å². The standard InChI is InChI=1S/C11H22N4O2/c1-4-9(2)12-10(16)11(17)13-15-7-5-14(3)6-8-15/h9H,4-8H2,1-3H3,(H,12,16)(H,13,17). The molecule has 1 atom stereocenters. The zero-order valence-corrected chi connectivity index (χ0v) is 10.8. The lowest BCUT2D eigenvalue weighted by atomic mass is 10.2. The van der Waals surface area contributed by atoms with Gasteiger partial charge in [0.25, 0.3) is 0 Å². The van der Waals surface area contributed by atoms with Crippen molar-refractivity contribution in [2.24, 2.45) is 0 Å².